The van der Waals surface area contributed by atoms with E-state index in [-0.39, 0.29) is 0 Å². The van der Waals surface area contributed by atoms with Crippen LogP contribution < -0.4 is 5.30 Å². The Labute approximate surface area is 107 Å². The van der Waals surface area contributed by atoms with Gasteiger partial charge in [-0.2, -0.15) is 0 Å². The maximum atomic E-state index is 12.5. The van der Waals surface area contributed by atoms with Gasteiger partial charge in [-0.05, 0) is 37.2 Å². The third-order valence-electron chi connectivity index (χ3n) is 2.48. The van der Waals surface area contributed by atoms with Gasteiger partial charge in [0.2, 0.25) is 7.37 Å². The third kappa shape index (κ3) is 4.53. The van der Waals surface area contributed by atoms with E-state index in [1.165, 1.54) is 7.11 Å². The summed E-state index contributed by atoms with van der Waals surface area (Å²) in [5, 5.41) is 3.10. The Balaban J connectivity index is 2.58. The summed E-state index contributed by atoms with van der Waals surface area (Å²) in [7, 11) is -1.19. The maximum absolute atomic E-state index is 12.5. The molecule has 0 amide bonds. The van der Waals surface area contributed by atoms with E-state index in [4.69, 9.17) is 4.52 Å². The Kier molecular flexibility index (Phi) is 6.31. The molecule has 5 heteroatoms. The van der Waals surface area contributed by atoms with Crippen LogP contribution in [0.15, 0.2) is 35.3 Å². The topological polar surface area (TPSA) is 38.7 Å². The molecule has 0 radical (unpaired) electrons. The minimum atomic E-state index is -2.69. The van der Waals surface area contributed by atoms with Gasteiger partial charge in [-0.1, -0.05) is 18.2 Å². The largest absolute Gasteiger partial charge is 0.329 e. The van der Waals surface area contributed by atoms with Crippen molar-refractivity contribution in [3.63, 3.8) is 0 Å². The predicted molar refractivity (Wildman–Crippen MR) is 74.7 cm³/mol. The molecular weight excluding hydrogens is 253 g/mol. The molecular formula is C12H16NO2PS. The van der Waals surface area contributed by atoms with Crippen molar-refractivity contribution in [2.45, 2.75) is 12.8 Å². The van der Waals surface area contributed by atoms with Gasteiger partial charge in [-0.25, -0.2) is 4.99 Å². The zero-order valence-corrected chi connectivity index (χ0v) is 11.5. The van der Waals surface area contributed by atoms with E-state index in [1.54, 1.807) is 0 Å². The molecule has 0 saturated carbocycles. The van der Waals surface area contributed by atoms with Gasteiger partial charge in [0.15, 0.2) is 0 Å². The summed E-state index contributed by atoms with van der Waals surface area (Å²) in [6.07, 6.45) is 2.20. The minimum Gasteiger partial charge on any atom is -0.329 e. The molecule has 1 atom stereocenters. The molecule has 1 rings (SSSR count). The summed E-state index contributed by atoms with van der Waals surface area (Å²) in [5.74, 6) is 0. The SMILES string of the molecule is COP(=O)(CCCCN=C=S)c1ccccc1. The van der Waals surface area contributed by atoms with Gasteiger partial charge >= 0.3 is 0 Å². The lowest BCUT2D eigenvalue weighted by molar-refractivity contribution is 0.401. The molecule has 0 spiro atoms. The summed E-state index contributed by atoms with van der Waals surface area (Å²) in [6, 6.07) is 9.34. The molecule has 0 fully saturated rings. The first kappa shape index (κ1) is 14.3. The molecule has 0 saturated heterocycles. The fourth-order valence-electron chi connectivity index (χ4n) is 1.54. The van der Waals surface area contributed by atoms with E-state index in [9.17, 15) is 4.57 Å². The molecule has 17 heavy (non-hydrogen) atoms. The van der Waals surface area contributed by atoms with Crippen LogP contribution in [0.3, 0.4) is 0 Å². The van der Waals surface area contributed by atoms with Crippen molar-refractivity contribution in [3.8, 4) is 0 Å². The monoisotopic (exact) mass is 269 g/mol. The number of unbranched alkanes of at least 4 members (excludes halogenated alkanes) is 1. The number of hydrogen-bond acceptors (Lipinski definition) is 4. The summed E-state index contributed by atoms with van der Waals surface area (Å²) < 4.78 is 17.7. The highest BCUT2D eigenvalue weighted by Gasteiger charge is 2.23. The minimum absolute atomic E-state index is 0.542. The Morgan fingerprint density at radius 1 is 1.35 bits per heavy atom. The first-order valence-electron chi connectivity index (χ1n) is 5.47. The van der Waals surface area contributed by atoms with Gasteiger partial charge in [0, 0.05) is 25.1 Å². The van der Waals surface area contributed by atoms with Crippen molar-refractivity contribution in [2.75, 3.05) is 19.8 Å². The van der Waals surface area contributed by atoms with Crippen molar-refractivity contribution in [2.24, 2.45) is 4.99 Å². The summed E-state index contributed by atoms with van der Waals surface area (Å²) in [5.41, 5.74) is 0. The molecule has 1 unspecified atom stereocenters. The smallest absolute Gasteiger partial charge is 0.231 e. The second-order valence-corrected chi connectivity index (χ2v) is 6.45. The lowest BCUT2D eigenvalue weighted by atomic mass is 10.3. The standard InChI is InChI=1S/C12H16NO2PS/c1-15-16(14,10-6-5-9-13-11-17)12-7-3-2-4-8-12/h2-4,7-8H,5-6,9-10H2,1H3. The normalized spacial score (nSPS) is 13.7. The first-order valence-corrected chi connectivity index (χ1v) is 7.69. The highest BCUT2D eigenvalue weighted by molar-refractivity contribution is 7.78. The van der Waals surface area contributed by atoms with E-state index in [1.807, 2.05) is 30.3 Å². The van der Waals surface area contributed by atoms with Crippen LogP contribution in [-0.4, -0.2) is 25.0 Å². The Morgan fingerprint density at radius 2 is 2.06 bits per heavy atom. The molecule has 3 nitrogen and oxygen atoms in total. The molecule has 0 aromatic heterocycles. The number of nitrogens with zero attached hydrogens (tertiary/aromatic N) is 1. The van der Waals surface area contributed by atoms with Crippen LogP contribution in [-0.2, 0) is 9.09 Å². The summed E-state index contributed by atoms with van der Waals surface area (Å²) in [6.45, 7) is 0.641. The molecule has 0 bridgehead atoms. The number of rotatable bonds is 7. The van der Waals surface area contributed by atoms with Crippen LogP contribution in [0, 0.1) is 0 Å². The summed E-state index contributed by atoms with van der Waals surface area (Å²) >= 11 is 4.48. The predicted octanol–water partition coefficient (Wildman–Crippen LogP) is 3.12. The zero-order chi connectivity index (χ0) is 12.6. The van der Waals surface area contributed by atoms with E-state index < -0.39 is 7.37 Å². The van der Waals surface area contributed by atoms with Crippen LogP contribution in [0.5, 0.6) is 0 Å². The van der Waals surface area contributed by atoms with Gasteiger partial charge in [0.05, 0.1) is 5.16 Å². The lowest BCUT2D eigenvalue weighted by Gasteiger charge is -2.15. The Morgan fingerprint density at radius 3 is 2.65 bits per heavy atom. The molecule has 0 aliphatic rings. The van der Waals surface area contributed by atoms with Gasteiger partial charge in [0.25, 0.3) is 0 Å². The average molecular weight is 269 g/mol. The molecule has 1 aromatic carbocycles. The van der Waals surface area contributed by atoms with Crippen LogP contribution >= 0.6 is 19.6 Å². The van der Waals surface area contributed by atoms with E-state index >= 15 is 0 Å². The average Bonchev–Trinajstić information content (AvgIpc) is 2.39. The second kappa shape index (κ2) is 7.52. The van der Waals surface area contributed by atoms with E-state index in [0.29, 0.717) is 12.7 Å². The number of isothiocyanates is 1. The molecule has 92 valence electrons. The van der Waals surface area contributed by atoms with Crippen LogP contribution in [0.1, 0.15) is 12.8 Å². The van der Waals surface area contributed by atoms with Gasteiger partial charge in [-0.15, -0.1) is 0 Å². The molecule has 0 heterocycles. The zero-order valence-electron chi connectivity index (χ0n) is 9.83. The van der Waals surface area contributed by atoms with E-state index in [0.717, 1.165) is 18.1 Å². The first-order chi connectivity index (χ1) is 8.23. The second-order valence-electron chi connectivity index (χ2n) is 3.60. The molecule has 0 N–H and O–H groups in total. The Hall–Kier alpha value is -0.790. The summed E-state index contributed by atoms with van der Waals surface area (Å²) in [4.78, 5) is 3.82. The molecule has 1 aromatic rings. The molecule has 0 aliphatic heterocycles. The number of thiocarbonyl (C=S) groups is 1. The highest BCUT2D eigenvalue weighted by atomic mass is 32.1. The Bertz CT molecular complexity index is 429. The lowest BCUT2D eigenvalue weighted by Crippen LogP contribution is -2.09. The fraction of sp³-hybridized carbons (Fsp3) is 0.417. The number of aliphatic imine (C=N–C) groups is 1. The van der Waals surface area contributed by atoms with Gasteiger partial charge in [0.1, 0.15) is 0 Å². The van der Waals surface area contributed by atoms with Gasteiger partial charge in [-0.3, -0.25) is 4.57 Å². The third-order valence-corrected chi connectivity index (χ3v) is 5.19. The van der Waals surface area contributed by atoms with Crippen molar-refractivity contribution in [1.82, 2.24) is 0 Å². The van der Waals surface area contributed by atoms with Crippen molar-refractivity contribution in [3.05, 3.63) is 30.3 Å². The van der Waals surface area contributed by atoms with Crippen LogP contribution in [0.4, 0.5) is 0 Å². The van der Waals surface area contributed by atoms with Crippen LogP contribution in [0.25, 0.3) is 0 Å². The van der Waals surface area contributed by atoms with Gasteiger partial charge < -0.3 is 4.52 Å². The maximum Gasteiger partial charge on any atom is 0.231 e. The van der Waals surface area contributed by atoms with E-state index in [2.05, 4.69) is 22.4 Å². The van der Waals surface area contributed by atoms with Crippen molar-refractivity contribution < 1.29 is 9.09 Å². The van der Waals surface area contributed by atoms with Crippen molar-refractivity contribution in [1.29, 1.82) is 0 Å². The molecule has 0 aliphatic carbocycles. The van der Waals surface area contributed by atoms with Crippen LogP contribution in [0.2, 0.25) is 0 Å². The highest BCUT2D eigenvalue weighted by Crippen LogP contribution is 2.45. The number of hydrogen-bond donors (Lipinski definition) is 0. The quantitative estimate of drug-likeness (QED) is 0.330. The number of benzene rings is 1. The fourth-order valence-corrected chi connectivity index (χ4v) is 3.55. The van der Waals surface area contributed by atoms with Crippen molar-refractivity contribution >= 4 is 30.1 Å².